The van der Waals surface area contributed by atoms with E-state index < -0.39 is 12.0 Å². The summed E-state index contributed by atoms with van der Waals surface area (Å²) < 4.78 is 5.39. The van der Waals surface area contributed by atoms with E-state index in [0.717, 1.165) is 5.56 Å². The third-order valence-electron chi connectivity index (χ3n) is 4.54. The fourth-order valence-electron chi connectivity index (χ4n) is 3.07. The number of nitrogens with zero attached hydrogens (tertiary/aromatic N) is 1. The summed E-state index contributed by atoms with van der Waals surface area (Å²) in [5, 5.41) is 5.72. The van der Waals surface area contributed by atoms with Gasteiger partial charge in [0, 0.05) is 24.9 Å². The van der Waals surface area contributed by atoms with Crippen molar-refractivity contribution in [1.82, 2.24) is 10.2 Å². The second kappa shape index (κ2) is 8.68. The Morgan fingerprint density at radius 2 is 1.79 bits per heavy atom. The van der Waals surface area contributed by atoms with Gasteiger partial charge in [-0.2, -0.15) is 0 Å². The number of carbonyl (C=O) groups excluding carboxylic acids is 3. The van der Waals surface area contributed by atoms with Gasteiger partial charge in [0.05, 0.1) is 17.7 Å². The Balaban J connectivity index is 2.27. The van der Waals surface area contributed by atoms with Gasteiger partial charge in [0.1, 0.15) is 0 Å². The summed E-state index contributed by atoms with van der Waals surface area (Å²) in [6.45, 7) is 11.3. The molecular formula is C22H31N3O4. The Morgan fingerprint density at radius 1 is 1.21 bits per heavy atom. The first-order valence-electron chi connectivity index (χ1n) is 9.75. The summed E-state index contributed by atoms with van der Waals surface area (Å²) in [6, 6.07) is 6.19. The molecule has 1 aliphatic rings. The number of esters is 1. The molecule has 1 aliphatic heterocycles. The number of allylic oxidation sites excluding steroid dienone is 1. The average Bonchev–Trinajstić information content (AvgIpc) is 2.57. The van der Waals surface area contributed by atoms with E-state index in [1.165, 1.54) is 4.90 Å². The summed E-state index contributed by atoms with van der Waals surface area (Å²) in [7, 11) is 1.61. The van der Waals surface area contributed by atoms with Gasteiger partial charge in [0.15, 0.2) is 0 Å². The monoisotopic (exact) mass is 401 g/mol. The number of urea groups is 1. The lowest BCUT2D eigenvalue weighted by atomic mass is 9.92. The van der Waals surface area contributed by atoms with E-state index in [1.54, 1.807) is 52.1 Å². The Kier molecular flexibility index (Phi) is 6.72. The standard InChI is InChI=1S/C22H31N3O4/c1-13(2)29-20(27)18-14(3)25(7)21(28)24-19(18)15-8-10-16(11-9-15)23-17(26)12-22(4,5)6/h8-11,13,19H,12H2,1-7H3,(H,23,26)(H,24,28). The zero-order chi connectivity index (χ0) is 21.9. The summed E-state index contributed by atoms with van der Waals surface area (Å²) >= 11 is 0. The molecule has 0 fully saturated rings. The van der Waals surface area contributed by atoms with Crippen molar-refractivity contribution in [3.63, 3.8) is 0 Å². The molecule has 0 aromatic heterocycles. The first-order valence-corrected chi connectivity index (χ1v) is 9.75. The highest BCUT2D eigenvalue weighted by Gasteiger charge is 2.35. The minimum atomic E-state index is -0.621. The van der Waals surface area contributed by atoms with Gasteiger partial charge in [-0.3, -0.25) is 4.79 Å². The molecular weight excluding hydrogens is 370 g/mol. The van der Waals surface area contributed by atoms with Crippen LogP contribution in [-0.4, -0.2) is 36.0 Å². The molecule has 0 aliphatic carbocycles. The molecule has 0 saturated heterocycles. The molecule has 7 nitrogen and oxygen atoms in total. The molecule has 3 amide bonds. The Hall–Kier alpha value is -2.83. The largest absolute Gasteiger partial charge is 0.459 e. The van der Waals surface area contributed by atoms with Crippen LogP contribution < -0.4 is 10.6 Å². The van der Waals surface area contributed by atoms with Crippen molar-refractivity contribution >= 4 is 23.6 Å². The molecule has 0 spiro atoms. The number of carbonyl (C=O) groups is 3. The van der Waals surface area contributed by atoms with Crippen LogP contribution in [0.1, 0.15) is 59.6 Å². The molecule has 0 saturated carbocycles. The van der Waals surface area contributed by atoms with Gasteiger partial charge in [0.25, 0.3) is 0 Å². The Bertz CT molecular complexity index is 819. The lowest BCUT2D eigenvalue weighted by molar-refractivity contribution is -0.143. The van der Waals surface area contributed by atoms with E-state index in [-0.39, 0.29) is 23.5 Å². The van der Waals surface area contributed by atoms with Gasteiger partial charge < -0.3 is 20.3 Å². The highest BCUT2D eigenvalue weighted by atomic mass is 16.5. The lowest BCUT2D eigenvalue weighted by Crippen LogP contribution is -2.46. The highest BCUT2D eigenvalue weighted by molar-refractivity contribution is 5.95. The van der Waals surface area contributed by atoms with Gasteiger partial charge in [-0.15, -0.1) is 0 Å². The van der Waals surface area contributed by atoms with Gasteiger partial charge in [-0.25, -0.2) is 9.59 Å². The first kappa shape index (κ1) is 22.5. The zero-order valence-electron chi connectivity index (χ0n) is 18.3. The Morgan fingerprint density at radius 3 is 2.31 bits per heavy atom. The van der Waals surface area contributed by atoms with Crippen LogP contribution in [0.15, 0.2) is 35.5 Å². The number of benzene rings is 1. The second-order valence-electron chi connectivity index (χ2n) is 8.80. The number of hydrogen-bond acceptors (Lipinski definition) is 4. The molecule has 0 bridgehead atoms. The summed E-state index contributed by atoms with van der Waals surface area (Å²) in [5.74, 6) is -0.522. The van der Waals surface area contributed by atoms with Crippen molar-refractivity contribution in [2.45, 2.75) is 60.1 Å². The normalized spacial score (nSPS) is 17.3. The van der Waals surface area contributed by atoms with Crippen LogP contribution >= 0.6 is 0 Å². The van der Waals surface area contributed by atoms with Crippen molar-refractivity contribution < 1.29 is 19.1 Å². The van der Waals surface area contributed by atoms with E-state index in [4.69, 9.17) is 4.74 Å². The van der Waals surface area contributed by atoms with Gasteiger partial charge in [0.2, 0.25) is 5.91 Å². The van der Waals surface area contributed by atoms with Crippen LogP contribution in [0.4, 0.5) is 10.5 Å². The fourth-order valence-corrected chi connectivity index (χ4v) is 3.07. The van der Waals surface area contributed by atoms with Crippen LogP contribution in [0.25, 0.3) is 0 Å². The molecule has 29 heavy (non-hydrogen) atoms. The van der Waals surface area contributed by atoms with Crippen LogP contribution in [0, 0.1) is 5.41 Å². The zero-order valence-corrected chi connectivity index (χ0v) is 18.3. The van der Waals surface area contributed by atoms with E-state index >= 15 is 0 Å². The van der Waals surface area contributed by atoms with Gasteiger partial charge in [-0.1, -0.05) is 32.9 Å². The summed E-state index contributed by atoms with van der Waals surface area (Å²) in [5.41, 5.74) is 2.23. The predicted octanol–water partition coefficient (Wildman–Crippen LogP) is 3.98. The number of hydrogen-bond donors (Lipinski definition) is 2. The molecule has 2 rings (SSSR count). The summed E-state index contributed by atoms with van der Waals surface area (Å²) in [6.07, 6.45) is 0.138. The maximum atomic E-state index is 12.7. The molecule has 1 aromatic carbocycles. The average molecular weight is 402 g/mol. The molecule has 1 heterocycles. The van der Waals surface area contributed by atoms with Crippen molar-refractivity contribution in [2.24, 2.45) is 5.41 Å². The molecule has 158 valence electrons. The number of amides is 3. The molecule has 0 radical (unpaired) electrons. The third-order valence-corrected chi connectivity index (χ3v) is 4.54. The van der Waals surface area contributed by atoms with Crippen molar-refractivity contribution in [1.29, 1.82) is 0 Å². The SMILES string of the molecule is CC1=C(C(=O)OC(C)C)C(c2ccc(NC(=O)CC(C)(C)C)cc2)NC(=O)N1C. The van der Waals surface area contributed by atoms with Crippen LogP contribution in [0.3, 0.4) is 0 Å². The van der Waals surface area contributed by atoms with Gasteiger partial charge >= 0.3 is 12.0 Å². The minimum Gasteiger partial charge on any atom is -0.459 e. The van der Waals surface area contributed by atoms with Crippen molar-refractivity contribution in [2.75, 3.05) is 12.4 Å². The van der Waals surface area contributed by atoms with E-state index in [0.29, 0.717) is 23.4 Å². The smallest absolute Gasteiger partial charge is 0.338 e. The first-order chi connectivity index (χ1) is 13.4. The maximum absolute atomic E-state index is 12.7. The molecule has 7 heteroatoms. The highest BCUT2D eigenvalue weighted by Crippen LogP contribution is 2.31. The van der Waals surface area contributed by atoms with Crippen molar-refractivity contribution in [3.05, 3.63) is 41.1 Å². The molecule has 1 unspecified atom stereocenters. The maximum Gasteiger partial charge on any atom is 0.338 e. The predicted molar refractivity (Wildman–Crippen MR) is 112 cm³/mol. The summed E-state index contributed by atoms with van der Waals surface area (Å²) in [4.78, 5) is 38.5. The number of rotatable bonds is 5. The fraction of sp³-hybridized carbons (Fsp3) is 0.500. The third kappa shape index (κ3) is 5.82. The lowest BCUT2D eigenvalue weighted by Gasteiger charge is -2.33. The second-order valence-corrected chi connectivity index (χ2v) is 8.80. The Labute approximate surface area is 172 Å². The molecule has 2 N–H and O–H groups in total. The van der Waals surface area contributed by atoms with E-state index in [1.807, 2.05) is 20.8 Å². The number of ether oxygens (including phenoxy) is 1. The molecule has 1 aromatic rings. The van der Waals surface area contributed by atoms with Crippen LogP contribution in [-0.2, 0) is 14.3 Å². The number of anilines is 1. The van der Waals surface area contributed by atoms with E-state index in [2.05, 4.69) is 10.6 Å². The number of nitrogens with one attached hydrogen (secondary N) is 2. The van der Waals surface area contributed by atoms with E-state index in [9.17, 15) is 14.4 Å². The topological polar surface area (TPSA) is 87.7 Å². The van der Waals surface area contributed by atoms with Gasteiger partial charge in [-0.05, 0) is 43.9 Å². The minimum absolute atomic E-state index is 0.0604. The van der Waals surface area contributed by atoms with Crippen LogP contribution in [0.2, 0.25) is 0 Å². The van der Waals surface area contributed by atoms with Crippen molar-refractivity contribution in [3.8, 4) is 0 Å². The van der Waals surface area contributed by atoms with Crippen LogP contribution in [0.5, 0.6) is 0 Å². The quantitative estimate of drug-likeness (QED) is 0.731. The molecule has 1 atom stereocenters.